The summed E-state index contributed by atoms with van der Waals surface area (Å²) in [5.74, 6) is -0.717. The molecule has 0 aliphatic carbocycles. The normalized spacial score (nSPS) is 20.4. The molecular formula is C14H16N2O2. The number of rotatable bonds is 1. The maximum absolute atomic E-state index is 12.1. The van der Waals surface area contributed by atoms with Crippen LogP contribution >= 0.6 is 0 Å². The molecule has 18 heavy (non-hydrogen) atoms. The monoisotopic (exact) mass is 244 g/mol. The second-order valence-electron chi connectivity index (χ2n) is 5.01. The van der Waals surface area contributed by atoms with Crippen LogP contribution in [0.2, 0.25) is 0 Å². The molecule has 1 saturated heterocycles. The average molecular weight is 244 g/mol. The smallest absolute Gasteiger partial charge is 0.299 e. The highest BCUT2D eigenvalue weighted by Gasteiger charge is 2.39. The summed E-state index contributed by atoms with van der Waals surface area (Å²) < 4.78 is 0. The van der Waals surface area contributed by atoms with Gasteiger partial charge in [0.1, 0.15) is 0 Å². The topological polar surface area (TPSA) is 49.4 Å². The molecule has 1 aromatic carbocycles. The van der Waals surface area contributed by atoms with Gasteiger partial charge in [0.05, 0.1) is 11.3 Å². The number of Topliss-reactive ketones (excluding diaryl/α,β-unsaturated/α-hetero) is 1. The van der Waals surface area contributed by atoms with Crippen LogP contribution in [0.25, 0.3) is 0 Å². The molecule has 2 aliphatic rings. The van der Waals surface area contributed by atoms with Gasteiger partial charge in [-0.2, -0.15) is 0 Å². The molecule has 1 N–H and O–H groups in total. The van der Waals surface area contributed by atoms with Crippen molar-refractivity contribution in [2.24, 2.45) is 0 Å². The van der Waals surface area contributed by atoms with Crippen molar-refractivity contribution in [1.29, 1.82) is 0 Å². The molecule has 0 aromatic heterocycles. The van der Waals surface area contributed by atoms with Gasteiger partial charge in [0.15, 0.2) is 0 Å². The third-order valence-electron chi connectivity index (χ3n) is 3.74. The van der Waals surface area contributed by atoms with E-state index in [2.05, 4.69) is 5.32 Å². The minimum atomic E-state index is -0.359. The SMILES string of the molecule is Cc1ccc2c(c1)N(C1CCNCC1)C(=O)C2=O. The van der Waals surface area contributed by atoms with Gasteiger partial charge in [0.2, 0.25) is 0 Å². The Labute approximate surface area is 106 Å². The molecule has 4 heteroatoms. The molecule has 3 rings (SSSR count). The summed E-state index contributed by atoms with van der Waals surface area (Å²) in [6.07, 6.45) is 1.82. The largest absolute Gasteiger partial charge is 0.317 e. The fraction of sp³-hybridized carbons (Fsp3) is 0.429. The standard InChI is InChI=1S/C14H16N2O2/c1-9-2-3-11-12(8-9)16(14(18)13(11)17)10-4-6-15-7-5-10/h2-3,8,10,15H,4-7H2,1H3. The molecule has 0 unspecified atom stereocenters. The molecule has 1 aromatic rings. The van der Waals surface area contributed by atoms with E-state index in [0.717, 1.165) is 37.2 Å². The molecular weight excluding hydrogens is 228 g/mol. The number of fused-ring (bicyclic) bond motifs is 1. The summed E-state index contributed by atoms with van der Waals surface area (Å²) in [5, 5.41) is 3.28. The summed E-state index contributed by atoms with van der Waals surface area (Å²) in [4.78, 5) is 25.8. The van der Waals surface area contributed by atoms with Crippen molar-refractivity contribution in [3.05, 3.63) is 29.3 Å². The molecule has 94 valence electrons. The zero-order valence-corrected chi connectivity index (χ0v) is 10.4. The van der Waals surface area contributed by atoms with Crippen LogP contribution in [0, 0.1) is 6.92 Å². The molecule has 0 spiro atoms. The van der Waals surface area contributed by atoms with Crippen LogP contribution < -0.4 is 10.2 Å². The Bertz CT molecular complexity index is 519. The predicted molar refractivity (Wildman–Crippen MR) is 68.9 cm³/mol. The number of hydrogen-bond acceptors (Lipinski definition) is 3. The van der Waals surface area contributed by atoms with E-state index in [1.165, 1.54) is 0 Å². The minimum absolute atomic E-state index is 0.158. The number of piperidine rings is 1. The fourth-order valence-electron chi connectivity index (χ4n) is 2.79. The van der Waals surface area contributed by atoms with E-state index in [9.17, 15) is 9.59 Å². The Kier molecular flexibility index (Phi) is 2.67. The van der Waals surface area contributed by atoms with Crippen molar-refractivity contribution < 1.29 is 9.59 Å². The van der Waals surface area contributed by atoms with E-state index >= 15 is 0 Å². The van der Waals surface area contributed by atoms with Gasteiger partial charge in [0, 0.05) is 6.04 Å². The predicted octanol–water partition coefficient (Wildman–Crippen LogP) is 1.28. The maximum Gasteiger partial charge on any atom is 0.299 e. The quantitative estimate of drug-likeness (QED) is 0.757. The number of amides is 1. The number of hydrogen-bond donors (Lipinski definition) is 1. The van der Waals surface area contributed by atoms with Gasteiger partial charge in [-0.25, -0.2) is 0 Å². The summed E-state index contributed by atoms with van der Waals surface area (Å²) in [6, 6.07) is 5.76. The number of carbonyl (C=O) groups excluding carboxylic acids is 2. The zero-order valence-electron chi connectivity index (χ0n) is 10.4. The second-order valence-corrected chi connectivity index (χ2v) is 5.01. The number of benzene rings is 1. The van der Waals surface area contributed by atoms with Crippen molar-refractivity contribution in [3.63, 3.8) is 0 Å². The van der Waals surface area contributed by atoms with Crippen LogP contribution in [-0.4, -0.2) is 30.8 Å². The lowest BCUT2D eigenvalue weighted by molar-refractivity contribution is -0.114. The number of nitrogens with zero attached hydrogens (tertiary/aromatic N) is 1. The lowest BCUT2D eigenvalue weighted by Gasteiger charge is -2.31. The van der Waals surface area contributed by atoms with Crippen LogP contribution in [0.15, 0.2) is 18.2 Å². The third kappa shape index (κ3) is 1.64. The van der Waals surface area contributed by atoms with Crippen molar-refractivity contribution in [2.75, 3.05) is 18.0 Å². The van der Waals surface area contributed by atoms with Crippen LogP contribution in [0.5, 0.6) is 0 Å². The van der Waals surface area contributed by atoms with Gasteiger partial charge in [-0.1, -0.05) is 6.07 Å². The van der Waals surface area contributed by atoms with Crippen LogP contribution in [0.4, 0.5) is 5.69 Å². The van der Waals surface area contributed by atoms with Crippen LogP contribution in [0.1, 0.15) is 28.8 Å². The van der Waals surface area contributed by atoms with E-state index in [-0.39, 0.29) is 17.7 Å². The zero-order chi connectivity index (χ0) is 12.7. The summed E-state index contributed by atoms with van der Waals surface area (Å²) in [5.41, 5.74) is 2.44. The summed E-state index contributed by atoms with van der Waals surface area (Å²) in [7, 11) is 0. The third-order valence-corrected chi connectivity index (χ3v) is 3.74. The Morgan fingerprint density at radius 1 is 1.22 bits per heavy atom. The van der Waals surface area contributed by atoms with Crippen LogP contribution in [0.3, 0.4) is 0 Å². The van der Waals surface area contributed by atoms with Gasteiger partial charge >= 0.3 is 0 Å². The number of anilines is 1. The highest BCUT2D eigenvalue weighted by Crippen LogP contribution is 2.33. The van der Waals surface area contributed by atoms with Crippen molar-refractivity contribution in [1.82, 2.24) is 5.32 Å². The highest BCUT2D eigenvalue weighted by molar-refractivity contribution is 6.52. The summed E-state index contributed by atoms with van der Waals surface area (Å²) >= 11 is 0. The Morgan fingerprint density at radius 3 is 2.67 bits per heavy atom. The number of ketones is 1. The lowest BCUT2D eigenvalue weighted by Crippen LogP contribution is -2.45. The Morgan fingerprint density at radius 2 is 1.94 bits per heavy atom. The van der Waals surface area contributed by atoms with Gasteiger partial charge in [-0.05, 0) is 50.6 Å². The van der Waals surface area contributed by atoms with E-state index < -0.39 is 0 Å². The molecule has 2 aliphatic heterocycles. The van der Waals surface area contributed by atoms with Crippen molar-refractivity contribution in [3.8, 4) is 0 Å². The van der Waals surface area contributed by atoms with Crippen molar-refractivity contribution >= 4 is 17.4 Å². The molecule has 1 amide bonds. The number of carbonyl (C=O) groups is 2. The molecule has 1 fully saturated rings. The van der Waals surface area contributed by atoms with Gasteiger partial charge in [-0.15, -0.1) is 0 Å². The molecule has 2 heterocycles. The molecule has 0 bridgehead atoms. The van der Waals surface area contributed by atoms with Gasteiger partial charge in [-0.3, -0.25) is 9.59 Å². The highest BCUT2D eigenvalue weighted by atomic mass is 16.2. The van der Waals surface area contributed by atoms with E-state index in [0.29, 0.717) is 5.56 Å². The second kappa shape index (κ2) is 4.21. The first-order valence-corrected chi connectivity index (χ1v) is 6.38. The first kappa shape index (κ1) is 11.4. The fourth-order valence-corrected chi connectivity index (χ4v) is 2.79. The number of aryl methyl sites for hydroxylation is 1. The lowest BCUT2D eigenvalue weighted by atomic mass is 10.0. The molecule has 4 nitrogen and oxygen atoms in total. The van der Waals surface area contributed by atoms with Crippen molar-refractivity contribution in [2.45, 2.75) is 25.8 Å². The molecule has 0 saturated carbocycles. The summed E-state index contributed by atoms with van der Waals surface area (Å²) in [6.45, 7) is 3.79. The Balaban J connectivity index is 2.02. The van der Waals surface area contributed by atoms with Gasteiger partial charge < -0.3 is 10.2 Å². The number of nitrogens with one attached hydrogen (secondary N) is 1. The first-order valence-electron chi connectivity index (χ1n) is 6.38. The van der Waals surface area contributed by atoms with E-state index in [1.807, 2.05) is 19.1 Å². The first-order chi connectivity index (χ1) is 8.68. The maximum atomic E-state index is 12.1. The Hall–Kier alpha value is -1.68. The van der Waals surface area contributed by atoms with E-state index in [4.69, 9.17) is 0 Å². The van der Waals surface area contributed by atoms with Crippen LogP contribution in [-0.2, 0) is 4.79 Å². The molecule has 0 radical (unpaired) electrons. The minimum Gasteiger partial charge on any atom is -0.317 e. The van der Waals surface area contributed by atoms with Gasteiger partial charge in [0.25, 0.3) is 11.7 Å². The van der Waals surface area contributed by atoms with E-state index in [1.54, 1.807) is 11.0 Å². The molecule has 0 atom stereocenters. The average Bonchev–Trinajstić information content (AvgIpc) is 2.63.